The van der Waals surface area contributed by atoms with Gasteiger partial charge in [-0.2, -0.15) is 5.10 Å². The molecule has 0 spiro atoms. The van der Waals surface area contributed by atoms with Gasteiger partial charge in [0, 0.05) is 24.9 Å². The molecule has 1 heterocycles. The zero-order chi connectivity index (χ0) is 15.1. The molecule has 1 atom stereocenters. The fourth-order valence-corrected chi connectivity index (χ4v) is 2.31. The normalized spacial score (nSPS) is 12.1. The number of benzene rings is 1. The van der Waals surface area contributed by atoms with Gasteiger partial charge < -0.3 is 5.32 Å². The molecule has 0 bridgehead atoms. The van der Waals surface area contributed by atoms with Crippen molar-refractivity contribution >= 4 is 5.91 Å². The first-order valence-electron chi connectivity index (χ1n) is 7.57. The van der Waals surface area contributed by atoms with Crippen LogP contribution in [-0.2, 0) is 11.2 Å². The van der Waals surface area contributed by atoms with Gasteiger partial charge in [-0.15, -0.1) is 0 Å². The molecule has 0 aliphatic heterocycles. The van der Waals surface area contributed by atoms with Crippen LogP contribution in [-0.4, -0.2) is 22.2 Å². The maximum Gasteiger partial charge on any atom is 0.222 e. The molecule has 21 heavy (non-hydrogen) atoms. The highest BCUT2D eigenvalue weighted by Gasteiger charge is 2.10. The number of rotatable bonds is 7. The van der Waals surface area contributed by atoms with Crippen LogP contribution >= 0.6 is 0 Å². The third-order valence-electron chi connectivity index (χ3n) is 3.59. The van der Waals surface area contributed by atoms with Crippen molar-refractivity contribution < 1.29 is 4.79 Å². The van der Waals surface area contributed by atoms with Crippen molar-refractivity contribution in [1.29, 1.82) is 0 Å². The highest BCUT2D eigenvalue weighted by Crippen LogP contribution is 2.09. The third kappa shape index (κ3) is 4.45. The summed E-state index contributed by atoms with van der Waals surface area (Å²) < 4.78 is 1.83. The summed E-state index contributed by atoms with van der Waals surface area (Å²) in [6.45, 7) is 4.77. The molecule has 1 aromatic heterocycles. The van der Waals surface area contributed by atoms with Crippen molar-refractivity contribution in [2.75, 3.05) is 6.54 Å². The van der Waals surface area contributed by atoms with Gasteiger partial charge in [0.2, 0.25) is 5.91 Å². The predicted molar refractivity (Wildman–Crippen MR) is 84.3 cm³/mol. The molecule has 2 aromatic rings. The lowest BCUT2D eigenvalue weighted by Gasteiger charge is -2.11. The molecule has 112 valence electrons. The van der Waals surface area contributed by atoms with Crippen LogP contribution in [0.2, 0.25) is 0 Å². The van der Waals surface area contributed by atoms with E-state index < -0.39 is 0 Å². The van der Waals surface area contributed by atoms with Crippen molar-refractivity contribution in [3.63, 3.8) is 0 Å². The molecule has 1 N–H and O–H groups in total. The highest BCUT2D eigenvalue weighted by molar-refractivity contribution is 5.78. The van der Waals surface area contributed by atoms with Crippen LogP contribution in [0.25, 0.3) is 5.69 Å². The molecule has 2 rings (SSSR count). The molecule has 0 aliphatic carbocycles. The SMILES string of the molecule is CCCC(C)C(=O)NCCc1ccc(-n2cccn2)cc1. The Morgan fingerprint density at radius 2 is 2.10 bits per heavy atom. The zero-order valence-corrected chi connectivity index (χ0v) is 12.7. The lowest BCUT2D eigenvalue weighted by atomic mass is 10.1. The Balaban J connectivity index is 1.80. The molecule has 0 saturated heterocycles. The Morgan fingerprint density at radius 1 is 1.33 bits per heavy atom. The van der Waals surface area contributed by atoms with E-state index in [1.165, 1.54) is 5.56 Å². The average molecular weight is 285 g/mol. The van der Waals surface area contributed by atoms with Crippen molar-refractivity contribution in [2.24, 2.45) is 5.92 Å². The van der Waals surface area contributed by atoms with E-state index in [2.05, 4.69) is 29.5 Å². The molecule has 1 amide bonds. The summed E-state index contributed by atoms with van der Waals surface area (Å²) in [6, 6.07) is 10.2. The van der Waals surface area contributed by atoms with Gasteiger partial charge in [-0.3, -0.25) is 4.79 Å². The number of nitrogens with zero attached hydrogens (tertiary/aromatic N) is 2. The quantitative estimate of drug-likeness (QED) is 0.850. The van der Waals surface area contributed by atoms with E-state index >= 15 is 0 Å². The largest absolute Gasteiger partial charge is 0.356 e. The lowest BCUT2D eigenvalue weighted by Crippen LogP contribution is -2.30. The molecule has 1 aromatic carbocycles. The fourth-order valence-electron chi connectivity index (χ4n) is 2.31. The molecule has 1 unspecified atom stereocenters. The van der Waals surface area contributed by atoms with Crippen LogP contribution in [0.1, 0.15) is 32.3 Å². The first-order valence-corrected chi connectivity index (χ1v) is 7.57. The second-order valence-electron chi connectivity index (χ2n) is 5.35. The summed E-state index contributed by atoms with van der Waals surface area (Å²) in [5.74, 6) is 0.266. The van der Waals surface area contributed by atoms with Crippen LogP contribution in [0.3, 0.4) is 0 Å². The van der Waals surface area contributed by atoms with E-state index in [9.17, 15) is 4.79 Å². The third-order valence-corrected chi connectivity index (χ3v) is 3.59. The molecule has 0 aliphatic rings. The van der Waals surface area contributed by atoms with Gasteiger partial charge in [0.25, 0.3) is 0 Å². The van der Waals surface area contributed by atoms with Crippen LogP contribution in [0.15, 0.2) is 42.7 Å². The van der Waals surface area contributed by atoms with Crippen LogP contribution < -0.4 is 5.32 Å². The molecule has 4 nitrogen and oxygen atoms in total. The van der Waals surface area contributed by atoms with Crippen molar-refractivity contribution in [3.05, 3.63) is 48.3 Å². The van der Waals surface area contributed by atoms with Gasteiger partial charge in [0.1, 0.15) is 0 Å². The summed E-state index contributed by atoms with van der Waals surface area (Å²) in [5, 5.41) is 7.20. The summed E-state index contributed by atoms with van der Waals surface area (Å²) in [5.41, 5.74) is 2.26. The number of hydrogen-bond donors (Lipinski definition) is 1. The van der Waals surface area contributed by atoms with Crippen LogP contribution in [0, 0.1) is 5.92 Å². The van der Waals surface area contributed by atoms with E-state index in [0.29, 0.717) is 6.54 Å². The molecule has 0 radical (unpaired) electrons. The Kier molecular flexibility index (Phi) is 5.55. The molecular weight excluding hydrogens is 262 g/mol. The standard InChI is InChI=1S/C17H23N3O/c1-3-5-14(2)17(21)18-12-10-15-6-8-16(9-7-15)20-13-4-11-19-20/h4,6-9,11,13-14H,3,5,10,12H2,1-2H3,(H,18,21). The number of carbonyl (C=O) groups excluding carboxylic acids is 1. The minimum atomic E-state index is 0.109. The maximum atomic E-state index is 11.8. The van der Waals surface area contributed by atoms with E-state index in [4.69, 9.17) is 0 Å². The summed E-state index contributed by atoms with van der Waals surface area (Å²) in [7, 11) is 0. The molecule has 4 heteroatoms. The van der Waals surface area contributed by atoms with Crippen molar-refractivity contribution in [3.8, 4) is 5.69 Å². The highest BCUT2D eigenvalue weighted by atomic mass is 16.1. The Morgan fingerprint density at radius 3 is 2.71 bits per heavy atom. The molecule has 0 fully saturated rings. The fraction of sp³-hybridized carbons (Fsp3) is 0.412. The topological polar surface area (TPSA) is 46.9 Å². The lowest BCUT2D eigenvalue weighted by molar-refractivity contribution is -0.124. The first-order chi connectivity index (χ1) is 10.2. The second kappa shape index (κ2) is 7.62. The van der Waals surface area contributed by atoms with Crippen LogP contribution in [0.5, 0.6) is 0 Å². The van der Waals surface area contributed by atoms with Gasteiger partial charge in [-0.1, -0.05) is 32.4 Å². The molecular formula is C17H23N3O. The van der Waals surface area contributed by atoms with E-state index in [1.54, 1.807) is 6.20 Å². The van der Waals surface area contributed by atoms with E-state index in [-0.39, 0.29) is 11.8 Å². The minimum Gasteiger partial charge on any atom is -0.356 e. The van der Waals surface area contributed by atoms with Gasteiger partial charge in [-0.25, -0.2) is 4.68 Å². The van der Waals surface area contributed by atoms with Crippen LogP contribution in [0.4, 0.5) is 0 Å². The average Bonchev–Trinajstić information content (AvgIpc) is 3.02. The Labute approximate surface area is 126 Å². The van der Waals surface area contributed by atoms with Crippen molar-refractivity contribution in [1.82, 2.24) is 15.1 Å². The zero-order valence-electron chi connectivity index (χ0n) is 12.7. The first kappa shape index (κ1) is 15.3. The number of carbonyl (C=O) groups is 1. The Bertz CT molecular complexity index is 546. The summed E-state index contributed by atoms with van der Waals surface area (Å²) >= 11 is 0. The number of amides is 1. The predicted octanol–water partition coefficient (Wildman–Crippen LogP) is 2.97. The minimum absolute atomic E-state index is 0.109. The molecule has 0 saturated carbocycles. The van der Waals surface area contributed by atoms with Crippen molar-refractivity contribution in [2.45, 2.75) is 33.1 Å². The Hall–Kier alpha value is -2.10. The number of aromatic nitrogens is 2. The monoisotopic (exact) mass is 285 g/mol. The smallest absolute Gasteiger partial charge is 0.222 e. The van der Waals surface area contributed by atoms with Gasteiger partial charge in [0.05, 0.1) is 5.69 Å². The van der Waals surface area contributed by atoms with Gasteiger partial charge in [-0.05, 0) is 36.6 Å². The van der Waals surface area contributed by atoms with E-state index in [0.717, 1.165) is 24.9 Å². The van der Waals surface area contributed by atoms with Gasteiger partial charge >= 0.3 is 0 Å². The number of hydrogen-bond acceptors (Lipinski definition) is 2. The summed E-state index contributed by atoms with van der Waals surface area (Å²) in [6.07, 6.45) is 6.53. The van der Waals surface area contributed by atoms with E-state index in [1.807, 2.05) is 36.0 Å². The summed E-state index contributed by atoms with van der Waals surface area (Å²) in [4.78, 5) is 11.8. The second-order valence-corrected chi connectivity index (χ2v) is 5.35. The maximum absolute atomic E-state index is 11.8. The van der Waals surface area contributed by atoms with Gasteiger partial charge in [0.15, 0.2) is 0 Å². The number of nitrogens with one attached hydrogen (secondary N) is 1.